The van der Waals surface area contributed by atoms with E-state index in [0.717, 1.165) is 30.2 Å². The molecule has 0 heterocycles. The highest BCUT2D eigenvalue weighted by Gasteiger charge is 2.31. The minimum atomic E-state index is -0.726. The van der Waals surface area contributed by atoms with E-state index in [0.29, 0.717) is 12.2 Å². The lowest BCUT2D eigenvalue weighted by atomic mass is 10.0. The van der Waals surface area contributed by atoms with Gasteiger partial charge in [-0.25, -0.2) is 0 Å². The molecule has 0 aromatic heterocycles. The molecule has 0 saturated heterocycles. The fourth-order valence-electron chi connectivity index (χ4n) is 2.28. The number of hydrogen-bond acceptors (Lipinski definition) is 4. The van der Waals surface area contributed by atoms with Crippen molar-refractivity contribution >= 4 is 27.3 Å². The lowest BCUT2D eigenvalue weighted by molar-refractivity contribution is -0.384. The predicted molar refractivity (Wildman–Crippen MR) is 72.7 cm³/mol. The summed E-state index contributed by atoms with van der Waals surface area (Å²) in [6.07, 6.45) is 3.53. The maximum atomic E-state index is 10.9. The molecule has 0 radical (unpaired) electrons. The van der Waals surface area contributed by atoms with Gasteiger partial charge in [-0.1, -0.05) is 28.8 Å². The first-order chi connectivity index (χ1) is 8.50. The van der Waals surface area contributed by atoms with E-state index in [1.54, 1.807) is 12.1 Å². The first kappa shape index (κ1) is 13.3. The van der Waals surface area contributed by atoms with E-state index in [9.17, 15) is 15.2 Å². The lowest BCUT2D eigenvalue weighted by Crippen LogP contribution is -2.33. The minimum Gasteiger partial charge on any atom is -0.388 e. The van der Waals surface area contributed by atoms with Gasteiger partial charge in [0.2, 0.25) is 0 Å². The lowest BCUT2D eigenvalue weighted by Gasteiger charge is -2.23. The second-order valence-electron chi connectivity index (χ2n) is 4.70. The van der Waals surface area contributed by atoms with Gasteiger partial charge in [0.05, 0.1) is 10.5 Å². The Morgan fingerprint density at radius 1 is 1.44 bits per heavy atom. The van der Waals surface area contributed by atoms with Gasteiger partial charge in [-0.15, -0.1) is 0 Å². The Hall–Kier alpha value is -1.14. The first-order valence-electron chi connectivity index (χ1n) is 5.90. The zero-order chi connectivity index (χ0) is 13.2. The third kappa shape index (κ3) is 3.00. The Morgan fingerprint density at radius 2 is 2.11 bits per heavy atom. The Labute approximate surface area is 113 Å². The second kappa shape index (κ2) is 5.24. The Kier molecular flexibility index (Phi) is 3.87. The van der Waals surface area contributed by atoms with Crippen molar-refractivity contribution in [1.82, 2.24) is 0 Å². The monoisotopic (exact) mass is 314 g/mol. The predicted octanol–water partition coefficient (Wildman–Crippen LogP) is 3.07. The average Bonchev–Trinajstić information content (AvgIpc) is 2.74. The number of nitrogens with zero attached hydrogens (tertiary/aromatic N) is 1. The van der Waals surface area contributed by atoms with Gasteiger partial charge >= 0.3 is 0 Å². The van der Waals surface area contributed by atoms with Crippen LogP contribution >= 0.6 is 15.9 Å². The number of nitro groups is 1. The third-order valence-electron chi connectivity index (χ3n) is 3.30. The number of hydrogen-bond donors (Lipinski definition) is 2. The van der Waals surface area contributed by atoms with Gasteiger partial charge in [0.1, 0.15) is 5.69 Å². The topological polar surface area (TPSA) is 75.4 Å². The van der Waals surface area contributed by atoms with Crippen LogP contribution in [0.25, 0.3) is 0 Å². The van der Waals surface area contributed by atoms with Crippen molar-refractivity contribution in [1.29, 1.82) is 0 Å². The van der Waals surface area contributed by atoms with Crippen LogP contribution in [-0.4, -0.2) is 22.2 Å². The quantitative estimate of drug-likeness (QED) is 0.661. The van der Waals surface area contributed by atoms with E-state index in [2.05, 4.69) is 21.2 Å². The van der Waals surface area contributed by atoms with Crippen LogP contribution in [0.1, 0.15) is 25.7 Å². The molecule has 5 nitrogen and oxygen atoms in total. The number of aliphatic hydroxyl groups is 1. The van der Waals surface area contributed by atoms with Gasteiger partial charge in [0.25, 0.3) is 5.69 Å². The average molecular weight is 315 g/mol. The van der Waals surface area contributed by atoms with Gasteiger partial charge in [-0.3, -0.25) is 10.1 Å². The van der Waals surface area contributed by atoms with Gasteiger partial charge in [0, 0.05) is 17.1 Å². The standard InChI is InChI=1S/C12H15BrN2O3/c13-9-3-4-11(15(17)18)10(7-9)14-8-12(16)5-1-2-6-12/h3-4,7,14,16H,1-2,5-6,8H2. The number of anilines is 1. The van der Waals surface area contributed by atoms with Crippen molar-refractivity contribution in [3.63, 3.8) is 0 Å². The number of rotatable bonds is 4. The Morgan fingerprint density at radius 3 is 2.72 bits per heavy atom. The maximum absolute atomic E-state index is 10.9. The SMILES string of the molecule is O=[N+]([O-])c1ccc(Br)cc1NCC1(O)CCCC1. The van der Waals surface area contributed by atoms with E-state index in [1.165, 1.54) is 6.07 Å². The van der Waals surface area contributed by atoms with Crippen molar-refractivity contribution < 1.29 is 10.0 Å². The summed E-state index contributed by atoms with van der Waals surface area (Å²) in [7, 11) is 0. The van der Waals surface area contributed by atoms with E-state index >= 15 is 0 Å². The summed E-state index contributed by atoms with van der Waals surface area (Å²) >= 11 is 3.29. The van der Waals surface area contributed by atoms with Crippen LogP contribution in [0.5, 0.6) is 0 Å². The number of halogens is 1. The summed E-state index contributed by atoms with van der Waals surface area (Å²) in [5, 5.41) is 24.1. The minimum absolute atomic E-state index is 0.0276. The van der Waals surface area contributed by atoms with Gasteiger partial charge in [-0.2, -0.15) is 0 Å². The molecule has 0 bridgehead atoms. The van der Waals surface area contributed by atoms with Crippen LogP contribution in [0, 0.1) is 10.1 Å². The van der Waals surface area contributed by atoms with Crippen molar-refractivity contribution in [2.75, 3.05) is 11.9 Å². The molecule has 1 fully saturated rings. The van der Waals surface area contributed by atoms with E-state index in [4.69, 9.17) is 0 Å². The second-order valence-corrected chi connectivity index (χ2v) is 5.62. The third-order valence-corrected chi connectivity index (χ3v) is 3.79. The molecule has 0 unspecified atom stereocenters. The summed E-state index contributed by atoms with van der Waals surface area (Å²) in [4.78, 5) is 10.5. The maximum Gasteiger partial charge on any atom is 0.292 e. The van der Waals surface area contributed by atoms with Crippen LogP contribution in [0.15, 0.2) is 22.7 Å². The molecule has 1 aliphatic rings. The highest BCUT2D eigenvalue weighted by molar-refractivity contribution is 9.10. The van der Waals surface area contributed by atoms with E-state index in [-0.39, 0.29) is 5.69 Å². The molecular weight excluding hydrogens is 300 g/mol. The first-order valence-corrected chi connectivity index (χ1v) is 6.70. The largest absolute Gasteiger partial charge is 0.388 e. The molecule has 0 aliphatic heterocycles. The molecular formula is C12H15BrN2O3. The molecule has 0 atom stereocenters. The molecule has 2 N–H and O–H groups in total. The Bertz CT molecular complexity index is 459. The fraction of sp³-hybridized carbons (Fsp3) is 0.500. The number of nitrogens with one attached hydrogen (secondary N) is 1. The summed E-state index contributed by atoms with van der Waals surface area (Å²) in [6, 6.07) is 4.75. The fourth-order valence-corrected chi connectivity index (χ4v) is 2.64. The molecule has 18 heavy (non-hydrogen) atoms. The van der Waals surface area contributed by atoms with Crippen molar-refractivity contribution in [3.05, 3.63) is 32.8 Å². The van der Waals surface area contributed by atoms with Gasteiger partial charge in [0.15, 0.2) is 0 Å². The zero-order valence-corrected chi connectivity index (χ0v) is 11.4. The smallest absolute Gasteiger partial charge is 0.292 e. The summed E-state index contributed by atoms with van der Waals surface area (Å²) in [5.74, 6) is 0. The molecule has 0 amide bonds. The van der Waals surface area contributed by atoms with Gasteiger partial charge < -0.3 is 10.4 Å². The van der Waals surface area contributed by atoms with Crippen molar-refractivity contribution in [2.24, 2.45) is 0 Å². The van der Waals surface area contributed by atoms with E-state index in [1.807, 2.05) is 0 Å². The molecule has 6 heteroatoms. The summed E-state index contributed by atoms with van der Waals surface area (Å²) < 4.78 is 0.772. The normalized spacial score (nSPS) is 17.7. The zero-order valence-electron chi connectivity index (χ0n) is 9.86. The molecule has 1 saturated carbocycles. The van der Waals surface area contributed by atoms with Crippen LogP contribution in [0.2, 0.25) is 0 Å². The van der Waals surface area contributed by atoms with Crippen LogP contribution in [-0.2, 0) is 0 Å². The molecule has 0 spiro atoms. The molecule has 1 aromatic carbocycles. The van der Waals surface area contributed by atoms with Crippen molar-refractivity contribution in [2.45, 2.75) is 31.3 Å². The summed E-state index contributed by atoms with van der Waals surface area (Å²) in [5.41, 5.74) is -0.259. The van der Waals surface area contributed by atoms with Crippen LogP contribution in [0.4, 0.5) is 11.4 Å². The molecule has 98 valence electrons. The highest BCUT2D eigenvalue weighted by Crippen LogP contribution is 2.32. The van der Waals surface area contributed by atoms with E-state index < -0.39 is 10.5 Å². The summed E-state index contributed by atoms with van der Waals surface area (Å²) in [6.45, 7) is 0.351. The molecule has 2 rings (SSSR count). The Balaban J connectivity index is 2.12. The molecule has 1 aromatic rings. The number of nitro benzene ring substituents is 1. The van der Waals surface area contributed by atoms with Crippen molar-refractivity contribution in [3.8, 4) is 0 Å². The highest BCUT2D eigenvalue weighted by atomic mass is 79.9. The van der Waals surface area contributed by atoms with Gasteiger partial charge in [-0.05, 0) is 25.0 Å². The van der Waals surface area contributed by atoms with Crippen LogP contribution < -0.4 is 5.32 Å². The number of benzene rings is 1. The van der Waals surface area contributed by atoms with Crippen LogP contribution in [0.3, 0.4) is 0 Å². The molecule has 1 aliphatic carbocycles.